The molecule has 4 rings (SSSR count). The highest BCUT2D eigenvalue weighted by Gasteiger charge is 2.72. The molecule has 2 aliphatic heterocycles. The summed E-state index contributed by atoms with van der Waals surface area (Å²) in [5.74, 6) is -0.380. The van der Waals surface area contributed by atoms with Crippen LogP contribution in [0.2, 0.25) is 0 Å². The van der Waals surface area contributed by atoms with E-state index in [0.717, 1.165) is 24.1 Å². The van der Waals surface area contributed by atoms with E-state index in [2.05, 4.69) is 32.2 Å². The van der Waals surface area contributed by atoms with E-state index in [1.165, 1.54) is 11.6 Å². The van der Waals surface area contributed by atoms with Crippen LogP contribution in [0.1, 0.15) is 45.6 Å². The highest BCUT2D eigenvalue weighted by atomic mass is 16.6. The largest absolute Gasteiger partial charge is 0.456 e. The molecule has 6 atom stereocenters. The quantitative estimate of drug-likeness (QED) is 0.135. The van der Waals surface area contributed by atoms with Gasteiger partial charge < -0.3 is 34.1 Å². The fourth-order valence-electron chi connectivity index (χ4n) is 5.57. The SMILES string of the molecule is CO[C@@H]1[C@H](OC(=O)/C=C/c2ccc(NCCOCCO)cc2)CC[C@]2(CO2)[C@H]1[C@]1(C)O[C@H]1CC=C(C)C. The molecule has 0 amide bonds. The number of epoxide rings is 2. The number of anilines is 1. The van der Waals surface area contributed by atoms with Crippen molar-refractivity contribution in [2.45, 2.75) is 69.5 Å². The zero-order valence-electron chi connectivity index (χ0n) is 22.4. The number of benzene rings is 1. The Bertz CT molecular complexity index is 967. The maximum absolute atomic E-state index is 12.8. The second-order valence-electron chi connectivity index (χ2n) is 10.6. The number of hydrogen-bond donors (Lipinski definition) is 2. The predicted molar refractivity (Wildman–Crippen MR) is 141 cm³/mol. The van der Waals surface area contributed by atoms with E-state index in [0.29, 0.717) is 32.8 Å². The number of nitrogens with one attached hydrogen (secondary N) is 1. The zero-order chi connectivity index (χ0) is 26.5. The van der Waals surface area contributed by atoms with Crippen LogP contribution < -0.4 is 5.32 Å². The van der Waals surface area contributed by atoms with Crippen LogP contribution in [0.15, 0.2) is 42.0 Å². The van der Waals surface area contributed by atoms with Crippen LogP contribution in [0.25, 0.3) is 6.08 Å². The maximum Gasteiger partial charge on any atom is 0.331 e. The van der Waals surface area contributed by atoms with Crippen LogP contribution in [-0.2, 0) is 28.5 Å². The third-order valence-electron chi connectivity index (χ3n) is 7.64. The fraction of sp³-hybridized carbons (Fsp3) is 0.621. The molecule has 2 heterocycles. The molecule has 3 aliphatic rings. The van der Waals surface area contributed by atoms with Gasteiger partial charge in [-0.1, -0.05) is 23.8 Å². The Morgan fingerprint density at radius 2 is 2.00 bits per heavy atom. The second kappa shape index (κ2) is 12.1. The van der Waals surface area contributed by atoms with Crippen LogP contribution >= 0.6 is 0 Å². The van der Waals surface area contributed by atoms with Gasteiger partial charge in [0.25, 0.3) is 0 Å². The van der Waals surface area contributed by atoms with Gasteiger partial charge in [-0.05, 0) is 63.8 Å². The molecular weight excluding hydrogens is 474 g/mol. The van der Waals surface area contributed by atoms with Gasteiger partial charge in [-0.3, -0.25) is 0 Å². The Balaban J connectivity index is 1.32. The van der Waals surface area contributed by atoms with Gasteiger partial charge in [-0.25, -0.2) is 4.79 Å². The van der Waals surface area contributed by atoms with Crippen molar-refractivity contribution in [3.05, 3.63) is 47.6 Å². The molecule has 1 saturated carbocycles. The summed E-state index contributed by atoms with van der Waals surface area (Å²) < 4.78 is 29.3. The van der Waals surface area contributed by atoms with Crippen molar-refractivity contribution in [3.63, 3.8) is 0 Å². The monoisotopic (exact) mass is 515 g/mol. The molecule has 37 heavy (non-hydrogen) atoms. The van der Waals surface area contributed by atoms with Crippen molar-refractivity contribution >= 4 is 17.7 Å². The summed E-state index contributed by atoms with van der Waals surface area (Å²) in [6, 6.07) is 7.75. The molecule has 0 radical (unpaired) electrons. The second-order valence-corrected chi connectivity index (χ2v) is 10.6. The lowest BCUT2D eigenvalue weighted by Crippen LogP contribution is -2.55. The summed E-state index contributed by atoms with van der Waals surface area (Å²) in [5.41, 5.74) is 2.53. The Kier molecular flexibility index (Phi) is 9.08. The summed E-state index contributed by atoms with van der Waals surface area (Å²) >= 11 is 0. The van der Waals surface area contributed by atoms with Crippen molar-refractivity contribution in [1.82, 2.24) is 0 Å². The van der Waals surface area contributed by atoms with Gasteiger partial charge in [-0.15, -0.1) is 0 Å². The highest BCUT2D eigenvalue weighted by Crippen LogP contribution is 2.59. The first-order valence-electron chi connectivity index (χ1n) is 13.2. The Morgan fingerprint density at radius 1 is 1.24 bits per heavy atom. The molecule has 1 aromatic carbocycles. The van der Waals surface area contributed by atoms with Crippen LogP contribution in [0, 0.1) is 5.92 Å². The highest BCUT2D eigenvalue weighted by molar-refractivity contribution is 5.87. The van der Waals surface area contributed by atoms with Crippen LogP contribution in [0.3, 0.4) is 0 Å². The van der Waals surface area contributed by atoms with Crippen molar-refractivity contribution < 1.29 is 33.6 Å². The fourth-order valence-corrected chi connectivity index (χ4v) is 5.57. The summed E-state index contributed by atoms with van der Waals surface area (Å²) in [6.07, 6.45) is 7.29. The van der Waals surface area contributed by atoms with E-state index in [-0.39, 0.29) is 48.0 Å². The van der Waals surface area contributed by atoms with Crippen molar-refractivity contribution in [3.8, 4) is 0 Å². The Morgan fingerprint density at radius 3 is 2.65 bits per heavy atom. The number of hydrogen-bond acceptors (Lipinski definition) is 8. The molecule has 0 aromatic heterocycles. The van der Waals surface area contributed by atoms with E-state index in [1.807, 2.05) is 24.3 Å². The molecule has 2 saturated heterocycles. The predicted octanol–water partition coefficient (Wildman–Crippen LogP) is 3.74. The average molecular weight is 516 g/mol. The van der Waals surface area contributed by atoms with Crippen molar-refractivity contribution in [2.24, 2.45) is 5.92 Å². The molecule has 8 nitrogen and oxygen atoms in total. The summed E-state index contributed by atoms with van der Waals surface area (Å²) in [7, 11) is 1.68. The van der Waals surface area contributed by atoms with Crippen LogP contribution in [0.5, 0.6) is 0 Å². The Hall–Kier alpha value is -2.23. The smallest absolute Gasteiger partial charge is 0.331 e. The van der Waals surface area contributed by atoms with Gasteiger partial charge in [0.2, 0.25) is 0 Å². The molecule has 2 N–H and O–H groups in total. The summed E-state index contributed by atoms with van der Waals surface area (Å²) in [4.78, 5) is 12.8. The van der Waals surface area contributed by atoms with E-state index in [9.17, 15) is 4.79 Å². The lowest BCUT2D eigenvalue weighted by Gasteiger charge is -2.42. The van der Waals surface area contributed by atoms with Gasteiger partial charge in [0, 0.05) is 25.4 Å². The first-order chi connectivity index (χ1) is 17.8. The molecule has 0 bridgehead atoms. The number of ether oxygens (including phenoxy) is 5. The van der Waals surface area contributed by atoms with Crippen molar-refractivity contribution in [2.75, 3.05) is 45.4 Å². The molecule has 1 aromatic rings. The van der Waals surface area contributed by atoms with Gasteiger partial charge in [0.1, 0.15) is 23.4 Å². The van der Waals surface area contributed by atoms with Gasteiger partial charge >= 0.3 is 5.97 Å². The van der Waals surface area contributed by atoms with E-state index in [4.69, 9.17) is 28.8 Å². The topological polar surface area (TPSA) is 102 Å². The van der Waals surface area contributed by atoms with E-state index < -0.39 is 0 Å². The number of carbonyl (C=O) groups excluding carboxylic acids is 1. The minimum atomic E-state index is -0.385. The Labute approximate surface area is 220 Å². The molecule has 0 unspecified atom stereocenters. The standard InChI is InChI=1S/C29H41NO7/c1-20(2)5-11-24-28(3,37-24)27-26(33-4)23(13-14-29(27)19-35-29)36-25(32)12-8-21-6-9-22(10-7-21)30-15-17-34-18-16-31/h5-10,12,23-24,26-27,30-31H,11,13-19H2,1-4H3/b12-8+/t23-,24+,26-,27-,28-,29+/m1/s1. The lowest BCUT2D eigenvalue weighted by molar-refractivity contribution is -0.166. The van der Waals surface area contributed by atoms with E-state index in [1.54, 1.807) is 13.2 Å². The summed E-state index contributed by atoms with van der Waals surface area (Å²) in [6.45, 7) is 8.56. The third kappa shape index (κ3) is 6.81. The van der Waals surface area contributed by atoms with Gasteiger partial charge in [0.15, 0.2) is 0 Å². The normalized spacial score (nSPS) is 32.4. The number of carbonyl (C=O) groups is 1. The third-order valence-corrected chi connectivity index (χ3v) is 7.64. The average Bonchev–Trinajstić information content (AvgIpc) is 3.80. The molecule has 1 aliphatic carbocycles. The van der Waals surface area contributed by atoms with Gasteiger partial charge in [-0.2, -0.15) is 0 Å². The van der Waals surface area contributed by atoms with E-state index >= 15 is 0 Å². The first kappa shape index (κ1) is 27.8. The first-order valence-corrected chi connectivity index (χ1v) is 13.2. The number of aliphatic hydroxyl groups excluding tert-OH is 1. The number of esters is 1. The zero-order valence-corrected chi connectivity index (χ0v) is 22.4. The van der Waals surface area contributed by atoms with Crippen LogP contribution in [0.4, 0.5) is 5.69 Å². The van der Waals surface area contributed by atoms with Gasteiger partial charge in [0.05, 0.1) is 38.4 Å². The maximum atomic E-state index is 12.8. The number of methoxy groups -OCH3 is 1. The summed E-state index contributed by atoms with van der Waals surface area (Å²) in [5, 5.41) is 12.0. The van der Waals surface area contributed by atoms with Crippen molar-refractivity contribution in [1.29, 1.82) is 0 Å². The molecule has 1 spiro atoms. The molecular formula is C29H41NO7. The number of rotatable bonds is 13. The molecule has 204 valence electrons. The molecule has 3 fully saturated rings. The number of aliphatic hydroxyl groups is 1. The minimum Gasteiger partial charge on any atom is -0.456 e. The van der Waals surface area contributed by atoms with Crippen LogP contribution in [-0.4, -0.2) is 80.7 Å². The minimum absolute atomic E-state index is 0.00479. The lowest BCUT2D eigenvalue weighted by atomic mass is 9.68. The molecule has 8 heteroatoms. The number of allylic oxidation sites excluding steroid dienone is 1.